The molecule has 0 spiro atoms. The average Bonchev–Trinajstić information content (AvgIpc) is 2.39. The van der Waals surface area contributed by atoms with E-state index in [1.165, 1.54) is 37.1 Å². The Kier molecular flexibility index (Phi) is 5.33. The SMILES string of the molecule is CCCNC1CCCCC1Sc1ccccn1. The summed E-state index contributed by atoms with van der Waals surface area (Å²) in [5.74, 6) is 0. The Morgan fingerprint density at radius 1 is 1.35 bits per heavy atom. The fraction of sp³-hybridized carbons (Fsp3) is 0.643. The molecular formula is C14H22N2S. The second kappa shape index (κ2) is 7.02. The number of nitrogens with zero attached hydrogens (tertiary/aromatic N) is 1. The van der Waals surface area contributed by atoms with Gasteiger partial charge in [0.05, 0.1) is 5.03 Å². The zero-order valence-corrected chi connectivity index (χ0v) is 11.4. The van der Waals surface area contributed by atoms with Gasteiger partial charge >= 0.3 is 0 Å². The fourth-order valence-corrected chi connectivity index (χ4v) is 3.64. The van der Waals surface area contributed by atoms with Gasteiger partial charge in [0.1, 0.15) is 0 Å². The second-order valence-corrected chi connectivity index (χ2v) is 5.93. The van der Waals surface area contributed by atoms with E-state index in [1.54, 1.807) is 0 Å². The summed E-state index contributed by atoms with van der Waals surface area (Å²) in [7, 11) is 0. The summed E-state index contributed by atoms with van der Waals surface area (Å²) < 4.78 is 0. The first-order valence-electron chi connectivity index (χ1n) is 6.71. The summed E-state index contributed by atoms with van der Waals surface area (Å²) in [6, 6.07) is 6.86. The topological polar surface area (TPSA) is 24.9 Å². The van der Waals surface area contributed by atoms with E-state index in [1.807, 2.05) is 24.0 Å². The van der Waals surface area contributed by atoms with Gasteiger partial charge in [-0.2, -0.15) is 0 Å². The summed E-state index contributed by atoms with van der Waals surface area (Å²) in [6.45, 7) is 3.38. The van der Waals surface area contributed by atoms with E-state index in [4.69, 9.17) is 0 Å². The smallest absolute Gasteiger partial charge is 0.0963 e. The zero-order valence-electron chi connectivity index (χ0n) is 10.6. The van der Waals surface area contributed by atoms with Crippen molar-refractivity contribution in [3.05, 3.63) is 24.4 Å². The standard InChI is InChI=1S/C14H22N2S/c1-2-10-15-12-7-3-4-8-13(12)17-14-9-5-6-11-16-14/h5-6,9,11-13,15H,2-4,7-8,10H2,1H3. The van der Waals surface area contributed by atoms with Crippen LogP contribution in [-0.4, -0.2) is 22.8 Å². The van der Waals surface area contributed by atoms with Crippen LogP contribution in [0.4, 0.5) is 0 Å². The van der Waals surface area contributed by atoms with Gasteiger partial charge in [-0.3, -0.25) is 0 Å². The molecule has 1 aromatic rings. The molecule has 1 fully saturated rings. The molecule has 0 bridgehead atoms. The maximum absolute atomic E-state index is 4.42. The molecule has 0 radical (unpaired) electrons. The number of pyridine rings is 1. The third-order valence-corrected chi connectivity index (χ3v) is 4.62. The lowest BCUT2D eigenvalue weighted by molar-refractivity contribution is 0.384. The summed E-state index contributed by atoms with van der Waals surface area (Å²) in [5.41, 5.74) is 0. The molecule has 17 heavy (non-hydrogen) atoms. The van der Waals surface area contributed by atoms with Crippen LogP contribution in [0.5, 0.6) is 0 Å². The molecule has 0 aliphatic heterocycles. The highest BCUT2D eigenvalue weighted by atomic mass is 32.2. The third-order valence-electron chi connectivity index (χ3n) is 3.27. The van der Waals surface area contributed by atoms with Crippen molar-refractivity contribution in [2.24, 2.45) is 0 Å². The monoisotopic (exact) mass is 250 g/mol. The highest BCUT2D eigenvalue weighted by molar-refractivity contribution is 7.99. The van der Waals surface area contributed by atoms with E-state index < -0.39 is 0 Å². The molecule has 1 aliphatic rings. The molecule has 2 rings (SSSR count). The highest BCUT2D eigenvalue weighted by Crippen LogP contribution is 2.32. The number of aromatic nitrogens is 1. The minimum atomic E-state index is 0.677. The normalized spacial score (nSPS) is 24.8. The van der Waals surface area contributed by atoms with Gasteiger partial charge in [0, 0.05) is 17.5 Å². The fourth-order valence-electron chi connectivity index (χ4n) is 2.37. The lowest BCUT2D eigenvalue weighted by Gasteiger charge is -2.31. The molecule has 0 amide bonds. The Morgan fingerprint density at radius 3 is 3.00 bits per heavy atom. The van der Waals surface area contributed by atoms with Crippen molar-refractivity contribution in [1.82, 2.24) is 10.3 Å². The predicted molar refractivity (Wildman–Crippen MR) is 74.4 cm³/mol. The van der Waals surface area contributed by atoms with Crippen molar-refractivity contribution in [2.75, 3.05) is 6.54 Å². The number of hydrogen-bond donors (Lipinski definition) is 1. The molecule has 1 N–H and O–H groups in total. The molecule has 2 atom stereocenters. The van der Waals surface area contributed by atoms with Gasteiger partial charge in [-0.15, -0.1) is 11.8 Å². The van der Waals surface area contributed by atoms with Crippen LogP contribution < -0.4 is 5.32 Å². The summed E-state index contributed by atoms with van der Waals surface area (Å²) in [5, 5.41) is 5.56. The maximum Gasteiger partial charge on any atom is 0.0963 e. The molecule has 94 valence electrons. The Hall–Kier alpha value is -0.540. The maximum atomic E-state index is 4.42. The van der Waals surface area contributed by atoms with E-state index in [-0.39, 0.29) is 0 Å². The third kappa shape index (κ3) is 4.00. The number of nitrogens with one attached hydrogen (secondary N) is 1. The van der Waals surface area contributed by atoms with Gasteiger partial charge < -0.3 is 5.32 Å². The van der Waals surface area contributed by atoms with Crippen LogP contribution in [0.1, 0.15) is 39.0 Å². The summed E-state index contributed by atoms with van der Waals surface area (Å²) in [6.07, 6.45) is 8.50. The first kappa shape index (κ1) is 12.9. The van der Waals surface area contributed by atoms with E-state index in [0.29, 0.717) is 11.3 Å². The van der Waals surface area contributed by atoms with Crippen molar-refractivity contribution < 1.29 is 0 Å². The van der Waals surface area contributed by atoms with E-state index in [2.05, 4.69) is 29.4 Å². The van der Waals surface area contributed by atoms with Crippen LogP contribution in [0.25, 0.3) is 0 Å². The minimum Gasteiger partial charge on any atom is -0.313 e. The van der Waals surface area contributed by atoms with Crippen LogP contribution in [0, 0.1) is 0 Å². The molecule has 1 aromatic heterocycles. The van der Waals surface area contributed by atoms with Crippen LogP contribution in [0.3, 0.4) is 0 Å². The van der Waals surface area contributed by atoms with Gasteiger partial charge in [-0.05, 0) is 37.9 Å². The summed E-state index contributed by atoms with van der Waals surface area (Å²) >= 11 is 1.95. The first-order valence-corrected chi connectivity index (χ1v) is 7.59. The van der Waals surface area contributed by atoms with Crippen molar-refractivity contribution in [1.29, 1.82) is 0 Å². The molecule has 1 heterocycles. The quantitative estimate of drug-likeness (QED) is 0.866. The number of hydrogen-bond acceptors (Lipinski definition) is 3. The van der Waals surface area contributed by atoms with Gasteiger partial charge in [0.2, 0.25) is 0 Å². The molecule has 3 heteroatoms. The lowest BCUT2D eigenvalue weighted by atomic mass is 9.95. The molecule has 0 aromatic carbocycles. The minimum absolute atomic E-state index is 0.677. The first-order chi connectivity index (χ1) is 8.40. The Labute approximate surface area is 109 Å². The van der Waals surface area contributed by atoms with E-state index in [9.17, 15) is 0 Å². The van der Waals surface area contributed by atoms with E-state index in [0.717, 1.165) is 6.54 Å². The van der Waals surface area contributed by atoms with Crippen molar-refractivity contribution >= 4 is 11.8 Å². The van der Waals surface area contributed by atoms with Crippen molar-refractivity contribution in [3.63, 3.8) is 0 Å². The molecule has 1 saturated carbocycles. The second-order valence-electron chi connectivity index (χ2n) is 4.67. The Balaban J connectivity index is 1.92. The van der Waals surface area contributed by atoms with Crippen molar-refractivity contribution in [2.45, 2.75) is 55.3 Å². The zero-order chi connectivity index (χ0) is 11.9. The Bertz CT molecular complexity index is 315. The van der Waals surface area contributed by atoms with Gasteiger partial charge in [-0.1, -0.05) is 25.8 Å². The summed E-state index contributed by atoms with van der Waals surface area (Å²) in [4.78, 5) is 4.42. The van der Waals surface area contributed by atoms with Gasteiger partial charge in [-0.25, -0.2) is 4.98 Å². The molecule has 2 unspecified atom stereocenters. The van der Waals surface area contributed by atoms with Crippen LogP contribution in [0.2, 0.25) is 0 Å². The predicted octanol–water partition coefficient (Wildman–Crippen LogP) is 3.48. The van der Waals surface area contributed by atoms with Crippen LogP contribution >= 0.6 is 11.8 Å². The largest absolute Gasteiger partial charge is 0.313 e. The molecule has 2 nitrogen and oxygen atoms in total. The average molecular weight is 250 g/mol. The Morgan fingerprint density at radius 2 is 2.24 bits per heavy atom. The van der Waals surface area contributed by atoms with Crippen LogP contribution in [-0.2, 0) is 0 Å². The van der Waals surface area contributed by atoms with Gasteiger partial charge in [0.25, 0.3) is 0 Å². The van der Waals surface area contributed by atoms with Gasteiger partial charge in [0.15, 0.2) is 0 Å². The highest BCUT2D eigenvalue weighted by Gasteiger charge is 2.25. The van der Waals surface area contributed by atoms with Crippen molar-refractivity contribution in [3.8, 4) is 0 Å². The number of rotatable bonds is 5. The van der Waals surface area contributed by atoms with E-state index >= 15 is 0 Å². The van der Waals surface area contributed by atoms with Crippen LogP contribution in [0.15, 0.2) is 29.4 Å². The number of thioether (sulfide) groups is 1. The molecular weight excluding hydrogens is 228 g/mol. The molecule has 1 aliphatic carbocycles. The molecule has 0 saturated heterocycles. The lowest BCUT2D eigenvalue weighted by Crippen LogP contribution is -2.40.